The Labute approximate surface area is 185 Å². The zero-order valence-corrected chi connectivity index (χ0v) is 19.4. The highest BCUT2D eigenvalue weighted by Crippen LogP contribution is 2.30. The van der Waals surface area contributed by atoms with E-state index < -0.39 is 0 Å². The highest BCUT2D eigenvalue weighted by atomic mass is 127. The van der Waals surface area contributed by atoms with Crippen LogP contribution in [-0.4, -0.2) is 54.9 Å². The van der Waals surface area contributed by atoms with E-state index in [9.17, 15) is 5.11 Å². The number of likely N-dealkylation sites (tertiary alicyclic amines) is 1. The number of benzene rings is 1. The Hall–Kier alpha value is -1.22. The van der Waals surface area contributed by atoms with Crippen LogP contribution in [0.15, 0.2) is 23.2 Å². The van der Waals surface area contributed by atoms with Crippen molar-refractivity contribution in [2.75, 3.05) is 26.7 Å². The molecule has 0 atom stereocenters. The summed E-state index contributed by atoms with van der Waals surface area (Å²) in [6, 6.07) is 6.00. The normalized spacial score (nSPS) is 18.7. The van der Waals surface area contributed by atoms with Crippen LogP contribution in [0.2, 0.25) is 0 Å². The minimum Gasteiger partial charge on any atom is -0.497 e. The van der Waals surface area contributed by atoms with E-state index in [4.69, 9.17) is 14.5 Å². The van der Waals surface area contributed by atoms with Gasteiger partial charge < -0.3 is 24.8 Å². The predicted octanol–water partition coefficient (Wildman–Crippen LogP) is 3.56. The van der Waals surface area contributed by atoms with Crippen molar-refractivity contribution >= 4 is 29.9 Å². The molecule has 1 aliphatic heterocycles. The smallest absolute Gasteiger partial charge is 0.194 e. The summed E-state index contributed by atoms with van der Waals surface area (Å²) < 4.78 is 11.7. The largest absolute Gasteiger partial charge is 0.497 e. The summed E-state index contributed by atoms with van der Waals surface area (Å²) in [5.74, 6) is 2.61. The van der Waals surface area contributed by atoms with Crippen LogP contribution in [0.1, 0.15) is 51.0 Å². The van der Waals surface area contributed by atoms with Crippen molar-refractivity contribution in [3.63, 3.8) is 0 Å². The van der Waals surface area contributed by atoms with E-state index in [1.54, 1.807) is 7.11 Å². The lowest BCUT2D eigenvalue weighted by Crippen LogP contribution is -2.46. The molecule has 28 heavy (non-hydrogen) atoms. The number of aliphatic imine (C=N–C) groups is 1. The van der Waals surface area contributed by atoms with Gasteiger partial charge in [-0.3, -0.25) is 0 Å². The highest BCUT2D eigenvalue weighted by molar-refractivity contribution is 14.0. The molecule has 6 nitrogen and oxygen atoms in total. The van der Waals surface area contributed by atoms with Crippen molar-refractivity contribution in [1.29, 1.82) is 0 Å². The molecule has 0 bridgehead atoms. The van der Waals surface area contributed by atoms with Gasteiger partial charge in [-0.25, -0.2) is 4.99 Å². The molecule has 158 valence electrons. The van der Waals surface area contributed by atoms with E-state index in [0.717, 1.165) is 68.3 Å². The van der Waals surface area contributed by atoms with Crippen molar-refractivity contribution in [1.82, 2.24) is 10.2 Å². The van der Waals surface area contributed by atoms with Crippen LogP contribution in [0.25, 0.3) is 0 Å². The number of hydrogen-bond donors (Lipinski definition) is 2. The first-order valence-electron chi connectivity index (χ1n) is 10.2. The standard InChI is InChI=1S/C21H33N3O3.HI/c1-3-22-21(24-12-10-17(25)11-13-24)23-15-16-8-9-19(26-2)14-20(16)27-18-6-4-5-7-18;/h8-9,14,17-18,25H,3-7,10-13,15H2,1-2H3,(H,22,23);1H. The van der Waals surface area contributed by atoms with Gasteiger partial charge in [0.05, 0.1) is 25.9 Å². The number of aliphatic hydroxyl groups is 1. The van der Waals surface area contributed by atoms with Crippen molar-refractivity contribution in [3.8, 4) is 11.5 Å². The molecule has 0 unspecified atom stereocenters. The molecule has 2 aliphatic rings. The number of hydrogen-bond acceptors (Lipinski definition) is 4. The second kappa shape index (κ2) is 11.7. The molecule has 0 spiro atoms. The third kappa shape index (κ3) is 6.40. The molecule has 0 amide bonds. The summed E-state index contributed by atoms with van der Waals surface area (Å²) >= 11 is 0. The summed E-state index contributed by atoms with van der Waals surface area (Å²) in [5, 5.41) is 13.1. The lowest BCUT2D eigenvalue weighted by Gasteiger charge is -2.32. The zero-order chi connectivity index (χ0) is 19.1. The van der Waals surface area contributed by atoms with Gasteiger partial charge in [-0.2, -0.15) is 0 Å². The third-order valence-electron chi connectivity index (χ3n) is 5.37. The van der Waals surface area contributed by atoms with Crippen molar-refractivity contribution in [3.05, 3.63) is 23.8 Å². The minimum atomic E-state index is -0.183. The molecule has 1 aromatic rings. The fourth-order valence-electron chi connectivity index (χ4n) is 3.75. The van der Waals surface area contributed by atoms with Crippen LogP contribution in [0.4, 0.5) is 0 Å². The second-order valence-corrected chi connectivity index (χ2v) is 7.39. The van der Waals surface area contributed by atoms with Gasteiger partial charge in [0.15, 0.2) is 5.96 Å². The minimum absolute atomic E-state index is 0. The molecule has 3 rings (SSSR count). The SMILES string of the molecule is CCNC(=NCc1ccc(OC)cc1OC1CCCC1)N1CCC(O)CC1.I. The van der Waals surface area contributed by atoms with Gasteiger partial charge in [-0.15, -0.1) is 24.0 Å². The first-order valence-corrected chi connectivity index (χ1v) is 10.2. The molecular formula is C21H34IN3O3. The Balaban J connectivity index is 0.00000280. The van der Waals surface area contributed by atoms with Gasteiger partial charge in [0.1, 0.15) is 11.5 Å². The molecule has 7 heteroatoms. The number of piperidine rings is 1. The van der Waals surface area contributed by atoms with Gasteiger partial charge in [-0.1, -0.05) is 0 Å². The van der Waals surface area contributed by atoms with Crippen LogP contribution in [-0.2, 0) is 6.54 Å². The number of aliphatic hydroxyl groups excluding tert-OH is 1. The monoisotopic (exact) mass is 503 g/mol. The molecule has 1 aromatic carbocycles. The van der Waals surface area contributed by atoms with E-state index in [2.05, 4.69) is 23.2 Å². The predicted molar refractivity (Wildman–Crippen MR) is 123 cm³/mol. The van der Waals surface area contributed by atoms with Gasteiger partial charge in [0, 0.05) is 31.3 Å². The Kier molecular flexibility index (Phi) is 9.64. The van der Waals surface area contributed by atoms with Crippen molar-refractivity contribution in [2.45, 2.75) is 64.2 Å². The third-order valence-corrected chi connectivity index (χ3v) is 5.37. The van der Waals surface area contributed by atoms with E-state index in [1.165, 1.54) is 12.8 Å². The van der Waals surface area contributed by atoms with Gasteiger partial charge in [0.2, 0.25) is 0 Å². The lowest BCUT2D eigenvalue weighted by atomic mass is 10.1. The quantitative estimate of drug-likeness (QED) is 0.353. The number of nitrogens with zero attached hydrogens (tertiary/aromatic N) is 2. The Bertz CT molecular complexity index is 627. The van der Waals surface area contributed by atoms with E-state index in [-0.39, 0.29) is 30.1 Å². The fraction of sp³-hybridized carbons (Fsp3) is 0.667. The summed E-state index contributed by atoms with van der Waals surface area (Å²) in [4.78, 5) is 7.09. The molecule has 1 aliphatic carbocycles. The van der Waals surface area contributed by atoms with Gasteiger partial charge in [0.25, 0.3) is 0 Å². The van der Waals surface area contributed by atoms with Gasteiger partial charge >= 0.3 is 0 Å². The number of nitrogens with one attached hydrogen (secondary N) is 1. The lowest BCUT2D eigenvalue weighted by molar-refractivity contribution is 0.108. The van der Waals surface area contributed by atoms with Crippen LogP contribution >= 0.6 is 24.0 Å². The number of methoxy groups -OCH3 is 1. The van der Waals surface area contributed by atoms with Crippen molar-refractivity contribution < 1.29 is 14.6 Å². The van der Waals surface area contributed by atoms with E-state index in [1.807, 2.05) is 12.1 Å². The topological polar surface area (TPSA) is 66.3 Å². The second-order valence-electron chi connectivity index (χ2n) is 7.39. The number of ether oxygens (including phenoxy) is 2. The Morgan fingerprint density at radius 3 is 2.57 bits per heavy atom. The van der Waals surface area contributed by atoms with Crippen LogP contribution < -0.4 is 14.8 Å². The zero-order valence-electron chi connectivity index (χ0n) is 17.0. The Morgan fingerprint density at radius 2 is 1.93 bits per heavy atom. The molecule has 1 saturated heterocycles. The molecule has 2 fully saturated rings. The van der Waals surface area contributed by atoms with E-state index >= 15 is 0 Å². The highest BCUT2D eigenvalue weighted by Gasteiger charge is 2.21. The van der Waals surface area contributed by atoms with Gasteiger partial charge in [-0.05, 0) is 57.6 Å². The average Bonchev–Trinajstić information content (AvgIpc) is 3.19. The summed E-state index contributed by atoms with van der Waals surface area (Å²) in [6.45, 7) is 5.14. The molecule has 0 radical (unpaired) electrons. The summed E-state index contributed by atoms with van der Waals surface area (Å²) in [6.07, 6.45) is 6.44. The maximum atomic E-state index is 9.75. The van der Waals surface area contributed by atoms with Crippen LogP contribution in [0.3, 0.4) is 0 Å². The molecule has 0 aromatic heterocycles. The molecule has 2 N–H and O–H groups in total. The Morgan fingerprint density at radius 1 is 1.21 bits per heavy atom. The van der Waals surface area contributed by atoms with E-state index in [0.29, 0.717) is 12.6 Å². The molecular weight excluding hydrogens is 469 g/mol. The number of rotatable bonds is 6. The molecule has 1 saturated carbocycles. The summed E-state index contributed by atoms with van der Waals surface area (Å²) in [7, 11) is 1.68. The summed E-state index contributed by atoms with van der Waals surface area (Å²) in [5.41, 5.74) is 1.08. The first kappa shape index (κ1) is 23.1. The maximum Gasteiger partial charge on any atom is 0.194 e. The van der Waals surface area contributed by atoms with Crippen LogP contribution in [0, 0.1) is 0 Å². The fourth-order valence-corrected chi connectivity index (χ4v) is 3.75. The van der Waals surface area contributed by atoms with Crippen LogP contribution in [0.5, 0.6) is 11.5 Å². The first-order chi connectivity index (χ1) is 13.2. The maximum absolute atomic E-state index is 9.75. The van der Waals surface area contributed by atoms with Crippen molar-refractivity contribution in [2.24, 2.45) is 4.99 Å². The average molecular weight is 503 g/mol. The number of halogens is 1. The molecule has 1 heterocycles. The number of guanidine groups is 1.